The number of nitrogens with zero attached hydrogens (tertiary/aromatic N) is 1. The number of hydrogen-bond acceptors (Lipinski definition) is 3. The summed E-state index contributed by atoms with van der Waals surface area (Å²) in [6.07, 6.45) is 0. The Bertz CT molecular complexity index is 450. The van der Waals surface area contributed by atoms with E-state index in [1.54, 1.807) is 0 Å². The number of aliphatic carboxylic acids is 2. The fraction of sp³-hybridized carbons (Fsp3) is 0.273. The van der Waals surface area contributed by atoms with Gasteiger partial charge in [-0.3, -0.25) is 14.5 Å². The molecule has 0 spiro atoms. The SMILES string of the molecule is O=C(O)CN(CC(=O)O)Cc1ccc(F)c(Cl)c1. The van der Waals surface area contributed by atoms with E-state index in [0.717, 1.165) is 6.07 Å². The molecule has 0 aliphatic carbocycles. The third kappa shape index (κ3) is 4.68. The van der Waals surface area contributed by atoms with Crippen LogP contribution in [0.3, 0.4) is 0 Å². The second-order valence-electron chi connectivity index (χ2n) is 3.68. The molecule has 0 aliphatic rings. The summed E-state index contributed by atoms with van der Waals surface area (Å²) < 4.78 is 12.9. The van der Waals surface area contributed by atoms with Gasteiger partial charge in [0.1, 0.15) is 5.82 Å². The Kier molecular flexibility index (Phi) is 5.06. The molecule has 0 unspecified atom stereocenters. The van der Waals surface area contributed by atoms with Gasteiger partial charge in [-0.25, -0.2) is 4.39 Å². The number of carbonyl (C=O) groups is 2. The maximum atomic E-state index is 12.9. The van der Waals surface area contributed by atoms with Gasteiger partial charge >= 0.3 is 11.9 Å². The molecule has 0 saturated heterocycles. The fourth-order valence-corrected chi connectivity index (χ4v) is 1.65. The predicted octanol–water partition coefficient (Wildman–Crippen LogP) is 1.45. The summed E-state index contributed by atoms with van der Waals surface area (Å²) >= 11 is 5.58. The van der Waals surface area contributed by atoms with E-state index < -0.39 is 30.8 Å². The van der Waals surface area contributed by atoms with Crippen LogP contribution in [-0.2, 0) is 16.1 Å². The van der Waals surface area contributed by atoms with E-state index in [0.29, 0.717) is 5.56 Å². The van der Waals surface area contributed by atoms with E-state index in [9.17, 15) is 14.0 Å². The van der Waals surface area contributed by atoms with Gasteiger partial charge in [0.25, 0.3) is 0 Å². The van der Waals surface area contributed by atoms with E-state index in [-0.39, 0.29) is 11.6 Å². The molecule has 0 aromatic heterocycles. The molecule has 0 heterocycles. The molecule has 0 aliphatic heterocycles. The van der Waals surface area contributed by atoms with Gasteiger partial charge in [0.2, 0.25) is 0 Å². The zero-order chi connectivity index (χ0) is 13.7. The maximum Gasteiger partial charge on any atom is 0.317 e. The molecule has 1 aromatic carbocycles. The van der Waals surface area contributed by atoms with Gasteiger partial charge < -0.3 is 10.2 Å². The van der Waals surface area contributed by atoms with Crippen molar-refractivity contribution < 1.29 is 24.2 Å². The molecule has 18 heavy (non-hydrogen) atoms. The Labute approximate surface area is 107 Å². The summed E-state index contributed by atoms with van der Waals surface area (Å²) in [7, 11) is 0. The molecule has 1 aromatic rings. The van der Waals surface area contributed by atoms with Crippen LogP contribution in [0.2, 0.25) is 5.02 Å². The van der Waals surface area contributed by atoms with Crippen LogP contribution in [0, 0.1) is 5.82 Å². The lowest BCUT2D eigenvalue weighted by atomic mass is 10.2. The average Bonchev–Trinajstić information content (AvgIpc) is 2.21. The van der Waals surface area contributed by atoms with Crippen molar-refractivity contribution >= 4 is 23.5 Å². The van der Waals surface area contributed by atoms with Crippen LogP contribution in [0.15, 0.2) is 18.2 Å². The maximum absolute atomic E-state index is 12.9. The minimum absolute atomic E-state index is 0.0681. The standard InChI is InChI=1S/C11H11ClFNO4/c12-8-3-7(1-2-9(8)13)4-14(5-10(15)16)6-11(17)18/h1-3H,4-6H2,(H,15,16)(H,17,18). The topological polar surface area (TPSA) is 77.8 Å². The highest BCUT2D eigenvalue weighted by Crippen LogP contribution is 2.17. The summed E-state index contributed by atoms with van der Waals surface area (Å²) in [5.74, 6) is -2.85. The first-order valence-corrected chi connectivity index (χ1v) is 5.36. The summed E-state index contributed by atoms with van der Waals surface area (Å²) in [6.45, 7) is -0.763. The first-order valence-electron chi connectivity index (χ1n) is 4.98. The van der Waals surface area contributed by atoms with Crippen molar-refractivity contribution in [3.05, 3.63) is 34.6 Å². The Balaban J connectivity index is 2.77. The average molecular weight is 276 g/mol. The summed E-state index contributed by atoms with van der Waals surface area (Å²) in [4.78, 5) is 22.4. The monoisotopic (exact) mass is 275 g/mol. The molecule has 0 radical (unpaired) electrons. The van der Waals surface area contributed by atoms with Crippen LogP contribution in [0.25, 0.3) is 0 Å². The van der Waals surface area contributed by atoms with Crippen molar-refractivity contribution in [2.75, 3.05) is 13.1 Å². The molecule has 98 valence electrons. The van der Waals surface area contributed by atoms with Gasteiger partial charge in [0.05, 0.1) is 18.1 Å². The van der Waals surface area contributed by atoms with Crippen molar-refractivity contribution in [1.82, 2.24) is 4.90 Å². The number of benzene rings is 1. The van der Waals surface area contributed by atoms with Gasteiger partial charge in [0.15, 0.2) is 0 Å². The first kappa shape index (κ1) is 14.4. The molecule has 0 fully saturated rings. The number of rotatable bonds is 6. The van der Waals surface area contributed by atoms with Gasteiger partial charge in [-0.1, -0.05) is 17.7 Å². The molecule has 5 nitrogen and oxygen atoms in total. The molecule has 1 rings (SSSR count). The van der Waals surface area contributed by atoms with Crippen LogP contribution >= 0.6 is 11.6 Å². The molecule has 0 bridgehead atoms. The molecular formula is C11H11ClFNO4. The van der Waals surface area contributed by atoms with Crippen molar-refractivity contribution in [1.29, 1.82) is 0 Å². The van der Waals surface area contributed by atoms with Crippen LogP contribution in [-0.4, -0.2) is 40.1 Å². The van der Waals surface area contributed by atoms with Crippen molar-refractivity contribution in [3.63, 3.8) is 0 Å². The van der Waals surface area contributed by atoms with E-state index in [1.165, 1.54) is 17.0 Å². The molecular weight excluding hydrogens is 265 g/mol. The Hall–Kier alpha value is -1.66. The van der Waals surface area contributed by atoms with Crippen LogP contribution in [0.4, 0.5) is 4.39 Å². The van der Waals surface area contributed by atoms with Crippen LogP contribution in [0.1, 0.15) is 5.56 Å². The second kappa shape index (κ2) is 6.32. The number of hydrogen-bond donors (Lipinski definition) is 2. The predicted molar refractivity (Wildman–Crippen MR) is 62.0 cm³/mol. The van der Waals surface area contributed by atoms with E-state index >= 15 is 0 Å². The third-order valence-electron chi connectivity index (χ3n) is 2.11. The van der Waals surface area contributed by atoms with E-state index in [1.807, 2.05) is 0 Å². The highest BCUT2D eigenvalue weighted by atomic mass is 35.5. The van der Waals surface area contributed by atoms with Crippen molar-refractivity contribution in [2.45, 2.75) is 6.54 Å². The van der Waals surface area contributed by atoms with Crippen LogP contribution in [0.5, 0.6) is 0 Å². The van der Waals surface area contributed by atoms with E-state index in [2.05, 4.69) is 0 Å². The number of carboxylic acid groups (broad SMARTS) is 2. The number of carboxylic acids is 2. The van der Waals surface area contributed by atoms with Crippen molar-refractivity contribution in [2.24, 2.45) is 0 Å². The van der Waals surface area contributed by atoms with Gasteiger partial charge in [0, 0.05) is 6.54 Å². The lowest BCUT2D eigenvalue weighted by Crippen LogP contribution is -2.33. The molecule has 2 N–H and O–H groups in total. The first-order chi connectivity index (χ1) is 8.38. The fourth-order valence-electron chi connectivity index (χ4n) is 1.45. The molecule has 0 saturated carbocycles. The minimum atomic E-state index is -1.13. The van der Waals surface area contributed by atoms with E-state index in [4.69, 9.17) is 21.8 Å². The lowest BCUT2D eigenvalue weighted by Gasteiger charge is -2.18. The summed E-state index contributed by atoms with van der Waals surface area (Å²) in [5.41, 5.74) is 0.545. The smallest absolute Gasteiger partial charge is 0.317 e. The molecule has 7 heteroatoms. The minimum Gasteiger partial charge on any atom is -0.480 e. The van der Waals surface area contributed by atoms with Gasteiger partial charge in [-0.2, -0.15) is 0 Å². The Morgan fingerprint density at radius 3 is 2.22 bits per heavy atom. The zero-order valence-electron chi connectivity index (χ0n) is 9.27. The lowest BCUT2D eigenvalue weighted by molar-refractivity contribution is -0.142. The highest BCUT2D eigenvalue weighted by Gasteiger charge is 2.14. The largest absolute Gasteiger partial charge is 0.480 e. The second-order valence-corrected chi connectivity index (χ2v) is 4.09. The summed E-state index contributed by atoms with van der Waals surface area (Å²) in [6, 6.07) is 3.92. The van der Waals surface area contributed by atoms with Gasteiger partial charge in [-0.05, 0) is 17.7 Å². The number of halogens is 2. The van der Waals surface area contributed by atoms with Crippen LogP contribution < -0.4 is 0 Å². The zero-order valence-corrected chi connectivity index (χ0v) is 10.0. The molecule has 0 amide bonds. The highest BCUT2D eigenvalue weighted by molar-refractivity contribution is 6.30. The van der Waals surface area contributed by atoms with Gasteiger partial charge in [-0.15, -0.1) is 0 Å². The van der Waals surface area contributed by atoms with Crippen molar-refractivity contribution in [3.8, 4) is 0 Å². The normalized spacial score (nSPS) is 10.6. The summed E-state index contributed by atoms with van der Waals surface area (Å²) in [5, 5.41) is 17.2. The quantitative estimate of drug-likeness (QED) is 0.822. The third-order valence-corrected chi connectivity index (χ3v) is 2.40. The molecule has 0 atom stereocenters. The Morgan fingerprint density at radius 1 is 1.22 bits per heavy atom. The Morgan fingerprint density at radius 2 is 1.78 bits per heavy atom.